The minimum Gasteiger partial charge on any atom is -0.462 e. The topological polar surface area (TPSA) is 67.4 Å². The Bertz CT molecular complexity index is 1350. The van der Waals surface area contributed by atoms with Gasteiger partial charge in [0.2, 0.25) is 0 Å². The lowest BCUT2D eigenvalue weighted by Gasteiger charge is -2.19. The van der Waals surface area contributed by atoms with Crippen molar-refractivity contribution in [2.45, 2.75) is 39.5 Å². The van der Waals surface area contributed by atoms with E-state index in [-0.39, 0.29) is 5.41 Å². The summed E-state index contributed by atoms with van der Waals surface area (Å²) in [7, 11) is 0. The van der Waals surface area contributed by atoms with E-state index in [1.165, 1.54) is 16.9 Å². The van der Waals surface area contributed by atoms with Gasteiger partial charge < -0.3 is 10.1 Å². The van der Waals surface area contributed by atoms with Gasteiger partial charge in [0.1, 0.15) is 10.6 Å². The van der Waals surface area contributed by atoms with Crippen LogP contribution in [0.2, 0.25) is 0 Å². The molecule has 4 aromatic rings. The van der Waals surface area contributed by atoms with Crippen molar-refractivity contribution in [3.63, 3.8) is 0 Å². The smallest absolute Gasteiger partial charge is 0.341 e. The highest BCUT2D eigenvalue weighted by Gasteiger charge is 2.24. The molecule has 0 radical (unpaired) electrons. The average Bonchev–Trinajstić information content (AvgIpc) is 3.25. The molecule has 0 atom stereocenters. The summed E-state index contributed by atoms with van der Waals surface area (Å²) < 4.78 is 5.47. The molecule has 35 heavy (non-hydrogen) atoms. The van der Waals surface area contributed by atoms with Crippen LogP contribution in [-0.2, 0) is 10.2 Å². The third-order valence-electron chi connectivity index (χ3n) is 5.76. The normalized spacial score (nSPS) is 11.3. The summed E-state index contributed by atoms with van der Waals surface area (Å²) >= 11 is 1.31. The van der Waals surface area contributed by atoms with E-state index >= 15 is 0 Å². The number of rotatable bonds is 6. The average molecular weight is 487 g/mol. The summed E-state index contributed by atoms with van der Waals surface area (Å²) in [5, 5.41) is 10.1. The van der Waals surface area contributed by atoms with Gasteiger partial charge in [-0.1, -0.05) is 88.4 Å². The number of hydrogen-bond acceptors (Lipinski definition) is 4. The first-order valence-electron chi connectivity index (χ1n) is 11.7. The van der Waals surface area contributed by atoms with E-state index in [0.717, 1.165) is 28.3 Å². The molecule has 3 aromatic carbocycles. The summed E-state index contributed by atoms with van der Waals surface area (Å²) in [5.41, 5.74) is 3.96. The SMILES string of the molecule is CCCOC(=O)c1c(-c2ccc(C(C)(C)C)cc2)csc1NC(=O)Nc1cccc2ccccc12. The van der Waals surface area contributed by atoms with Crippen molar-refractivity contribution in [2.24, 2.45) is 0 Å². The molecule has 0 aliphatic rings. The molecule has 0 unspecified atom stereocenters. The molecule has 0 fully saturated rings. The molecule has 0 aliphatic carbocycles. The molecule has 0 bridgehead atoms. The number of benzene rings is 3. The van der Waals surface area contributed by atoms with Crippen LogP contribution in [0.1, 0.15) is 50.0 Å². The van der Waals surface area contributed by atoms with E-state index in [2.05, 4.69) is 43.5 Å². The molecule has 5 nitrogen and oxygen atoms in total. The van der Waals surface area contributed by atoms with Crippen LogP contribution in [0.3, 0.4) is 0 Å². The van der Waals surface area contributed by atoms with Gasteiger partial charge in [0.15, 0.2) is 0 Å². The van der Waals surface area contributed by atoms with Crippen molar-refractivity contribution in [3.05, 3.63) is 83.2 Å². The monoisotopic (exact) mass is 486 g/mol. The van der Waals surface area contributed by atoms with Crippen molar-refractivity contribution in [1.29, 1.82) is 0 Å². The van der Waals surface area contributed by atoms with Crippen molar-refractivity contribution >= 4 is 44.8 Å². The molecular weight excluding hydrogens is 456 g/mol. The zero-order chi connectivity index (χ0) is 25.0. The number of carbonyl (C=O) groups is 2. The van der Waals surface area contributed by atoms with Crippen LogP contribution in [0.25, 0.3) is 21.9 Å². The summed E-state index contributed by atoms with van der Waals surface area (Å²) in [5.74, 6) is -0.441. The van der Waals surface area contributed by atoms with E-state index in [4.69, 9.17) is 4.74 Å². The molecule has 1 heterocycles. The van der Waals surface area contributed by atoms with E-state index in [1.54, 1.807) is 0 Å². The standard InChI is InChI=1S/C29H30N2O3S/c1-5-17-34-27(32)25-23(20-13-15-21(16-14-20)29(2,3)4)18-35-26(25)31-28(33)30-24-12-8-10-19-9-6-7-11-22(19)24/h6-16,18H,5,17H2,1-4H3,(H2,30,31,33). The Balaban J connectivity index is 1.63. The Kier molecular flexibility index (Phi) is 7.22. The van der Waals surface area contributed by atoms with Gasteiger partial charge in [-0.15, -0.1) is 11.3 Å². The predicted molar refractivity (Wildman–Crippen MR) is 146 cm³/mol. The van der Waals surface area contributed by atoms with E-state index in [0.29, 0.717) is 22.9 Å². The van der Waals surface area contributed by atoms with Crippen LogP contribution in [0.4, 0.5) is 15.5 Å². The number of ether oxygens (including phenoxy) is 1. The Morgan fingerprint density at radius 3 is 2.34 bits per heavy atom. The number of urea groups is 1. The third-order valence-corrected chi connectivity index (χ3v) is 6.65. The van der Waals surface area contributed by atoms with Crippen molar-refractivity contribution in [1.82, 2.24) is 0 Å². The molecule has 4 rings (SSSR count). The quantitative estimate of drug-likeness (QED) is 0.271. The summed E-state index contributed by atoms with van der Waals surface area (Å²) in [4.78, 5) is 26.0. The van der Waals surface area contributed by atoms with E-state index in [9.17, 15) is 9.59 Å². The minimum absolute atomic E-state index is 0.0302. The molecule has 6 heteroatoms. The second-order valence-corrected chi connectivity index (χ2v) is 10.3. The number of esters is 1. The Morgan fingerprint density at radius 1 is 0.914 bits per heavy atom. The highest BCUT2D eigenvalue weighted by Crippen LogP contribution is 2.37. The van der Waals surface area contributed by atoms with Crippen molar-refractivity contribution < 1.29 is 14.3 Å². The lowest BCUT2D eigenvalue weighted by atomic mass is 9.86. The lowest BCUT2D eigenvalue weighted by Crippen LogP contribution is -2.20. The van der Waals surface area contributed by atoms with Gasteiger partial charge in [-0.3, -0.25) is 5.32 Å². The molecule has 180 valence electrons. The maximum atomic E-state index is 13.0. The van der Waals surface area contributed by atoms with E-state index < -0.39 is 12.0 Å². The molecule has 0 spiro atoms. The first-order valence-corrected chi connectivity index (χ1v) is 12.6. The maximum absolute atomic E-state index is 13.0. The Hall–Kier alpha value is -3.64. The first-order chi connectivity index (χ1) is 16.8. The highest BCUT2D eigenvalue weighted by molar-refractivity contribution is 7.15. The van der Waals surface area contributed by atoms with Gasteiger partial charge in [-0.05, 0) is 34.4 Å². The Morgan fingerprint density at radius 2 is 1.63 bits per heavy atom. The zero-order valence-corrected chi connectivity index (χ0v) is 21.3. The van der Waals surface area contributed by atoms with Crippen LogP contribution in [0, 0.1) is 0 Å². The number of amides is 2. The van der Waals surface area contributed by atoms with Crippen molar-refractivity contribution in [2.75, 3.05) is 17.2 Å². The van der Waals surface area contributed by atoms with Gasteiger partial charge in [-0.2, -0.15) is 0 Å². The number of fused-ring (bicyclic) bond motifs is 1. The molecule has 0 saturated carbocycles. The Labute approximate surface area is 210 Å². The zero-order valence-electron chi connectivity index (χ0n) is 20.5. The van der Waals surface area contributed by atoms with Gasteiger partial charge in [-0.25, -0.2) is 9.59 Å². The second kappa shape index (κ2) is 10.3. The molecular formula is C29H30N2O3S. The molecule has 1 aromatic heterocycles. The number of carbonyl (C=O) groups excluding carboxylic acids is 2. The summed E-state index contributed by atoms with van der Waals surface area (Å²) in [6.07, 6.45) is 0.718. The van der Waals surface area contributed by atoms with Crippen LogP contribution < -0.4 is 10.6 Å². The lowest BCUT2D eigenvalue weighted by molar-refractivity contribution is 0.0507. The maximum Gasteiger partial charge on any atom is 0.341 e. The number of hydrogen-bond donors (Lipinski definition) is 2. The minimum atomic E-state index is -0.441. The number of nitrogens with one attached hydrogen (secondary N) is 2. The van der Waals surface area contributed by atoms with Crippen molar-refractivity contribution in [3.8, 4) is 11.1 Å². The second-order valence-electron chi connectivity index (χ2n) is 9.42. The molecule has 2 N–H and O–H groups in total. The fraction of sp³-hybridized carbons (Fsp3) is 0.241. The first kappa shape index (κ1) is 24.5. The predicted octanol–water partition coefficient (Wildman–Crippen LogP) is 8.08. The van der Waals surface area contributed by atoms with Crippen LogP contribution in [0.5, 0.6) is 0 Å². The van der Waals surface area contributed by atoms with Crippen LogP contribution >= 0.6 is 11.3 Å². The number of thiophene rings is 1. The summed E-state index contributed by atoms with van der Waals surface area (Å²) in [6.45, 7) is 8.76. The van der Waals surface area contributed by atoms with Crippen LogP contribution in [0.15, 0.2) is 72.1 Å². The molecule has 2 amide bonds. The highest BCUT2D eigenvalue weighted by atomic mass is 32.1. The van der Waals surface area contributed by atoms with Crippen LogP contribution in [-0.4, -0.2) is 18.6 Å². The molecule has 0 aliphatic heterocycles. The van der Waals surface area contributed by atoms with Gasteiger partial charge in [0.25, 0.3) is 0 Å². The fourth-order valence-corrected chi connectivity index (χ4v) is 4.83. The fourth-order valence-electron chi connectivity index (χ4n) is 3.87. The molecule has 0 saturated heterocycles. The van der Waals surface area contributed by atoms with Gasteiger partial charge in [0, 0.05) is 16.3 Å². The third kappa shape index (κ3) is 5.54. The largest absolute Gasteiger partial charge is 0.462 e. The number of anilines is 2. The van der Waals surface area contributed by atoms with E-state index in [1.807, 2.05) is 66.9 Å². The van der Waals surface area contributed by atoms with Gasteiger partial charge >= 0.3 is 12.0 Å². The summed E-state index contributed by atoms with van der Waals surface area (Å²) in [6, 6.07) is 21.4. The van der Waals surface area contributed by atoms with Gasteiger partial charge in [0.05, 0.1) is 12.3 Å².